The maximum atomic E-state index is 13.0. The lowest BCUT2D eigenvalue weighted by Gasteiger charge is -2.36. The fourth-order valence-electron chi connectivity index (χ4n) is 4.35. The summed E-state index contributed by atoms with van der Waals surface area (Å²) in [5, 5.41) is 0. The average molecular weight is 382 g/mol. The minimum Gasteiger partial charge on any atom is -0.338 e. The molecule has 1 aromatic heterocycles. The summed E-state index contributed by atoms with van der Waals surface area (Å²) in [5.41, 5.74) is 2.23. The van der Waals surface area contributed by atoms with Gasteiger partial charge in [-0.05, 0) is 54.8 Å². The van der Waals surface area contributed by atoms with Gasteiger partial charge in [-0.1, -0.05) is 18.2 Å². The van der Waals surface area contributed by atoms with E-state index >= 15 is 0 Å². The summed E-state index contributed by atoms with van der Waals surface area (Å²) in [7, 11) is 0. The van der Waals surface area contributed by atoms with E-state index in [1.807, 2.05) is 18.3 Å². The van der Waals surface area contributed by atoms with E-state index in [0.717, 1.165) is 43.9 Å². The molecular formula is C22H27N3OS. The standard InChI is InChI=1S/C22H27N3OS/c1-27-21-9-6-17(7-10-21)12-22(26)25-14-18-5-8-20(25)16-24(13-18)15-19-4-2-3-11-23-19/h2-4,6-7,9-11,18,20H,5,8,12-16H2,1H3/t18-,20+/m0/s1. The van der Waals surface area contributed by atoms with Crippen molar-refractivity contribution in [1.29, 1.82) is 0 Å². The first-order chi connectivity index (χ1) is 13.2. The van der Waals surface area contributed by atoms with Gasteiger partial charge in [0.2, 0.25) is 5.91 Å². The predicted octanol–water partition coefficient (Wildman–Crippen LogP) is 3.47. The second-order valence-electron chi connectivity index (χ2n) is 7.68. The third-order valence-corrected chi connectivity index (χ3v) is 6.48. The predicted molar refractivity (Wildman–Crippen MR) is 110 cm³/mol. The molecule has 3 saturated heterocycles. The summed E-state index contributed by atoms with van der Waals surface area (Å²) in [4.78, 5) is 23.4. The number of carbonyl (C=O) groups excluding carboxylic acids is 1. The number of pyridine rings is 1. The minimum absolute atomic E-state index is 0.279. The molecule has 1 aromatic carbocycles. The van der Waals surface area contributed by atoms with E-state index in [1.54, 1.807) is 11.8 Å². The van der Waals surface area contributed by atoms with Gasteiger partial charge in [0.05, 0.1) is 12.1 Å². The molecule has 4 nitrogen and oxygen atoms in total. The minimum atomic E-state index is 0.279. The summed E-state index contributed by atoms with van der Waals surface area (Å²) in [6.45, 7) is 3.82. The maximum absolute atomic E-state index is 13.0. The first kappa shape index (κ1) is 18.5. The Kier molecular flexibility index (Phi) is 5.79. The van der Waals surface area contributed by atoms with Crippen LogP contribution in [0.2, 0.25) is 0 Å². The Morgan fingerprint density at radius 2 is 1.96 bits per heavy atom. The van der Waals surface area contributed by atoms with Crippen LogP contribution in [0.5, 0.6) is 0 Å². The zero-order valence-electron chi connectivity index (χ0n) is 15.9. The molecule has 0 unspecified atom stereocenters. The third kappa shape index (κ3) is 4.53. The van der Waals surface area contributed by atoms with Gasteiger partial charge in [-0.2, -0.15) is 0 Å². The summed E-state index contributed by atoms with van der Waals surface area (Å²) in [6, 6.07) is 14.8. The lowest BCUT2D eigenvalue weighted by molar-refractivity contribution is -0.134. The topological polar surface area (TPSA) is 36.4 Å². The van der Waals surface area contributed by atoms with Gasteiger partial charge < -0.3 is 4.90 Å². The van der Waals surface area contributed by atoms with Crippen molar-refractivity contribution in [3.8, 4) is 0 Å². The normalized spacial score (nSPS) is 22.6. The fourth-order valence-corrected chi connectivity index (χ4v) is 4.76. The van der Waals surface area contributed by atoms with Crippen molar-refractivity contribution >= 4 is 17.7 Å². The van der Waals surface area contributed by atoms with Gasteiger partial charge in [-0.25, -0.2) is 0 Å². The van der Waals surface area contributed by atoms with E-state index < -0.39 is 0 Å². The Balaban J connectivity index is 1.41. The van der Waals surface area contributed by atoms with Crippen LogP contribution in [0.15, 0.2) is 53.6 Å². The molecule has 3 fully saturated rings. The Hall–Kier alpha value is -1.85. The van der Waals surface area contributed by atoms with E-state index in [-0.39, 0.29) is 5.91 Å². The number of carbonyl (C=O) groups is 1. The van der Waals surface area contributed by atoms with Gasteiger partial charge >= 0.3 is 0 Å². The molecule has 0 saturated carbocycles. The zero-order chi connectivity index (χ0) is 18.6. The quantitative estimate of drug-likeness (QED) is 0.743. The van der Waals surface area contributed by atoms with Gasteiger partial charge in [-0.15, -0.1) is 11.8 Å². The van der Waals surface area contributed by atoms with Crippen molar-refractivity contribution in [2.24, 2.45) is 5.92 Å². The van der Waals surface area contributed by atoms with Crippen LogP contribution in [-0.2, 0) is 17.8 Å². The summed E-state index contributed by atoms with van der Waals surface area (Å²) in [6.07, 6.45) is 6.80. The first-order valence-electron chi connectivity index (χ1n) is 9.76. The van der Waals surface area contributed by atoms with Crippen molar-refractivity contribution in [3.63, 3.8) is 0 Å². The molecular weight excluding hydrogens is 354 g/mol. The van der Waals surface area contributed by atoms with Crippen LogP contribution >= 0.6 is 11.8 Å². The molecule has 2 aromatic rings. The highest BCUT2D eigenvalue weighted by atomic mass is 32.2. The largest absolute Gasteiger partial charge is 0.338 e. The summed E-state index contributed by atoms with van der Waals surface area (Å²) < 4.78 is 0. The summed E-state index contributed by atoms with van der Waals surface area (Å²) in [5.74, 6) is 0.858. The Labute approximate surface area is 166 Å². The van der Waals surface area contributed by atoms with E-state index in [4.69, 9.17) is 0 Å². The number of hydrogen-bond donors (Lipinski definition) is 0. The number of piperidine rings is 1. The molecule has 0 radical (unpaired) electrons. The highest BCUT2D eigenvalue weighted by Crippen LogP contribution is 2.29. The average Bonchev–Trinajstić information content (AvgIpc) is 3.00. The molecule has 4 heterocycles. The number of amides is 1. The van der Waals surface area contributed by atoms with Gasteiger partial charge in [0, 0.05) is 43.3 Å². The highest BCUT2D eigenvalue weighted by Gasteiger charge is 2.36. The third-order valence-electron chi connectivity index (χ3n) is 5.74. The molecule has 5 heteroatoms. The van der Waals surface area contributed by atoms with E-state index in [0.29, 0.717) is 18.4 Å². The SMILES string of the molecule is CSc1ccc(CC(=O)N2C[C@H]3CC[C@@H]2CN(Cc2ccccn2)C3)cc1. The van der Waals surface area contributed by atoms with Crippen molar-refractivity contribution < 1.29 is 4.79 Å². The van der Waals surface area contributed by atoms with Crippen molar-refractivity contribution in [2.45, 2.75) is 36.7 Å². The first-order valence-corrected chi connectivity index (χ1v) is 11.0. The monoisotopic (exact) mass is 381 g/mol. The van der Waals surface area contributed by atoms with Crippen LogP contribution in [0, 0.1) is 5.92 Å². The molecule has 2 atom stereocenters. The Morgan fingerprint density at radius 1 is 1.11 bits per heavy atom. The van der Waals surface area contributed by atoms with Crippen molar-refractivity contribution in [1.82, 2.24) is 14.8 Å². The number of benzene rings is 1. The maximum Gasteiger partial charge on any atom is 0.227 e. The number of rotatable bonds is 5. The Morgan fingerprint density at radius 3 is 2.70 bits per heavy atom. The Bertz CT molecular complexity index is 765. The molecule has 3 aliphatic rings. The lowest BCUT2D eigenvalue weighted by Crippen LogP contribution is -2.48. The number of aromatic nitrogens is 1. The fraction of sp³-hybridized carbons (Fsp3) is 0.455. The molecule has 5 rings (SSSR count). The van der Waals surface area contributed by atoms with Crippen LogP contribution in [0.25, 0.3) is 0 Å². The highest BCUT2D eigenvalue weighted by molar-refractivity contribution is 7.98. The molecule has 0 N–H and O–H groups in total. The van der Waals surface area contributed by atoms with Crippen LogP contribution in [0.3, 0.4) is 0 Å². The number of nitrogens with zero attached hydrogens (tertiary/aromatic N) is 3. The number of thioether (sulfide) groups is 1. The van der Waals surface area contributed by atoms with Gasteiger partial charge in [0.15, 0.2) is 0 Å². The second kappa shape index (κ2) is 8.44. The number of fused-ring (bicyclic) bond motifs is 4. The van der Waals surface area contributed by atoms with E-state index in [9.17, 15) is 4.79 Å². The molecule has 0 spiro atoms. The van der Waals surface area contributed by atoms with Crippen LogP contribution in [0.1, 0.15) is 24.1 Å². The molecule has 27 heavy (non-hydrogen) atoms. The van der Waals surface area contributed by atoms with Crippen LogP contribution < -0.4 is 0 Å². The van der Waals surface area contributed by atoms with Crippen LogP contribution in [-0.4, -0.2) is 52.6 Å². The molecule has 2 bridgehead atoms. The lowest BCUT2D eigenvalue weighted by atomic mass is 9.94. The van der Waals surface area contributed by atoms with Gasteiger partial charge in [0.1, 0.15) is 0 Å². The second-order valence-corrected chi connectivity index (χ2v) is 8.56. The van der Waals surface area contributed by atoms with Crippen molar-refractivity contribution in [2.75, 3.05) is 25.9 Å². The van der Waals surface area contributed by atoms with E-state index in [1.165, 1.54) is 11.3 Å². The van der Waals surface area contributed by atoms with Crippen LogP contribution in [0.4, 0.5) is 0 Å². The molecule has 1 amide bonds. The van der Waals surface area contributed by atoms with Gasteiger partial charge in [-0.3, -0.25) is 14.7 Å². The smallest absolute Gasteiger partial charge is 0.227 e. The summed E-state index contributed by atoms with van der Waals surface area (Å²) >= 11 is 1.73. The van der Waals surface area contributed by atoms with E-state index in [2.05, 4.69) is 51.4 Å². The zero-order valence-corrected chi connectivity index (χ0v) is 16.7. The number of hydrogen-bond acceptors (Lipinski definition) is 4. The van der Waals surface area contributed by atoms with Crippen molar-refractivity contribution in [3.05, 3.63) is 59.9 Å². The van der Waals surface area contributed by atoms with Gasteiger partial charge in [0.25, 0.3) is 0 Å². The molecule has 142 valence electrons. The molecule has 3 aliphatic heterocycles. The molecule has 0 aliphatic carbocycles.